The number of amides is 3. The second-order valence-corrected chi connectivity index (χ2v) is 12.7. The van der Waals surface area contributed by atoms with E-state index in [0.29, 0.717) is 36.3 Å². The zero-order valence-corrected chi connectivity index (χ0v) is 24.2. The molecule has 40 heavy (non-hydrogen) atoms. The highest BCUT2D eigenvalue weighted by molar-refractivity contribution is 8.00. The van der Waals surface area contributed by atoms with Crippen LogP contribution in [0.5, 0.6) is 0 Å². The Kier molecular flexibility index (Phi) is 7.27. The Hall–Kier alpha value is -3.08. The van der Waals surface area contributed by atoms with Gasteiger partial charge >= 0.3 is 4.87 Å². The summed E-state index contributed by atoms with van der Waals surface area (Å²) in [5.41, 5.74) is 1.71. The van der Waals surface area contributed by atoms with E-state index in [1.165, 1.54) is 9.47 Å². The molecule has 3 heterocycles. The van der Waals surface area contributed by atoms with E-state index < -0.39 is 23.0 Å². The number of carbonyl (C=O) groups is 3. The van der Waals surface area contributed by atoms with Crippen LogP contribution < -0.4 is 15.1 Å². The predicted octanol–water partition coefficient (Wildman–Crippen LogP) is 6.30. The summed E-state index contributed by atoms with van der Waals surface area (Å²) in [6, 6.07) is 20.2. The monoisotopic (exact) mass is 629 g/mol. The van der Waals surface area contributed by atoms with Crippen LogP contribution in [0.4, 0.5) is 11.4 Å². The third-order valence-corrected chi connectivity index (χ3v) is 10.2. The first-order chi connectivity index (χ1) is 19.2. The molecule has 202 valence electrons. The van der Waals surface area contributed by atoms with Gasteiger partial charge < -0.3 is 5.32 Å². The highest BCUT2D eigenvalue weighted by atomic mass is 35.5. The van der Waals surface area contributed by atoms with Gasteiger partial charge in [0.25, 0.3) is 0 Å². The fourth-order valence-electron chi connectivity index (χ4n) is 5.01. The molecule has 3 unspecified atom stereocenters. The molecule has 2 aliphatic rings. The van der Waals surface area contributed by atoms with Gasteiger partial charge in [-0.1, -0.05) is 70.0 Å². The van der Waals surface area contributed by atoms with Crippen LogP contribution in [0.3, 0.4) is 0 Å². The Balaban J connectivity index is 1.40. The number of fused-ring (bicyclic) bond motifs is 2. The topological polar surface area (TPSA) is 88.5 Å². The normalized spacial score (nSPS) is 19.9. The van der Waals surface area contributed by atoms with Crippen LogP contribution in [-0.4, -0.2) is 27.5 Å². The fraction of sp³-hybridized carbons (Fsp3) is 0.143. The van der Waals surface area contributed by atoms with E-state index >= 15 is 0 Å². The molecule has 2 aliphatic heterocycles. The van der Waals surface area contributed by atoms with Crippen LogP contribution in [0, 0.1) is 5.92 Å². The number of halogens is 3. The third-order valence-electron chi connectivity index (χ3n) is 6.79. The third kappa shape index (κ3) is 4.86. The van der Waals surface area contributed by atoms with E-state index in [9.17, 15) is 19.2 Å². The van der Waals surface area contributed by atoms with Crippen molar-refractivity contribution in [1.82, 2.24) is 4.57 Å². The van der Waals surface area contributed by atoms with Crippen molar-refractivity contribution >= 4 is 87.0 Å². The number of hydrogen-bond acceptors (Lipinski definition) is 6. The Bertz CT molecular complexity index is 1700. The highest BCUT2D eigenvalue weighted by Gasteiger charge is 2.56. The van der Waals surface area contributed by atoms with Gasteiger partial charge in [-0.2, -0.15) is 0 Å². The molecule has 0 bridgehead atoms. The zero-order chi connectivity index (χ0) is 28.1. The number of benzene rings is 3. The Morgan fingerprint density at radius 3 is 2.00 bits per heavy atom. The molecule has 4 aromatic rings. The van der Waals surface area contributed by atoms with E-state index in [4.69, 9.17) is 34.8 Å². The molecule has 1 fully saturated rings. The molecule has 7 nitrogen and oxygen atoms in total. The molecule has 12 heteroatoms. The molecular weight excluding hydrogens is 613 g/mol. The Labute approximate surface area is 251 Å². The molecule has 1 aromatic heterocycles. The summed E-state index contributed by atoms with van der Waals surface area (Å²) >= 11 is 20.2. The zero-order valence-electron chi connectivity index (χ0n) is 20.3. The van der Waals surface area contributed by atoms with E-state index in [1.807, 2.05) is 0 Å². The number of thioether (sulfide) groups is 1. The smallest absolute Gasteiger partial charge is 0.308 e. The lowest BCUT2D eigenvalue weighted by molar-refractivity contribution is -0.122. The van der Waals surface area contributed by atoms with E-state index in [2.05, 4.69) is 5.32 Å². The first kappa shape index (κ1) is 27.1. The summed E-state index contributed by atoms with van der Waals surface area (Å²) in [6.07, 6.45) is 0. The minimum absolute atomic E-state index is 0.256. The number of hydrogen-bond donors (Lipinski definition) is 1. The van der Waals surface area contributed by atoms with Crippen molar-refractivity contribution < 1.29 is 14.4 Å². The minimum Gasteiger partial charge on any atom is -0.325 e. The van der Waals surface area contributed by atoms with Crippen LogP contribution in [0.15, 0.2) is 82.6 Å². The number of anilines is 2. The summed E-state index contributed by atoms with van der Waals surface area (Å²) in [5.74, 6) is -2.49. The van der Waals surface area contributed by atoms with Crippen molar-refractivity contribution in [2.24, 2.45) is 5.92 Å². The van der Waals surface area contributed by atoms with Gasteiger partial charge in [-0.3, -0.25) is 23.7 Å². The molecule has 0 aliphatic carbocycles. The lowest BCUT2D eigenvalue weighted by Crippen LogP contribution is -2.33. The van der Waals surface area contributed by atoms with Gasteiger partial charge in [0.15, 0.2) is 0 Å². The second kappa shape index (κ2) is 10.7. The van der Waals surface area contributed by atoms with E-state index in [0.717, 1.165) is 28.7 Å². The van der Waals surface area contributed by atoms with E-state index in [-0.39, 0.29) is 23.2 Å². The van der Waals surface area contributed by atoms with Crippen molar-refractivity contribution in [3.05, 3.63) is 108 Å². The van der Waals surface area contributed by atoms with Crippen molar-refractivity contribution in [2.45, 2.75) is 22.7 Å². The number of nitrogens with zero attached hydrogens (tertiary/aromatic N) is 2. The van der Waals surface area contributed by atoms with Gasteiger partial charge in [0.2, 0.25) is 17.7 Å². The van der Waals surface area contributed by atoms with Crippen LogP contribution in [0.1, 0.15) is 16.4 Å². The van der Waals surface area contributed by atoms with Gasteiger partial charge in [-0.05, 0) is 66.2 Å². The van der Waals surface area contributed by atoms with Gasteiger partial charge in [0.05, 0.1) is 16.6 Å². The number of nitrogens with one attached hydrogen (secondary N) is 1. The van der Waals surface area contributed by atoms with Gasteiger partial charge in [0.1, 0.15) is 11.8 Å². The van der Waals surface area contributed by atoms with E-state index in [1.54, 1.807) is 72.8 Å². The minimum atomic E-state index is -0.795. The summed E-state index contributed by atoms with van der Waals surface area (Å²) in [6.45, 7) is -0.256. The molecule has 3 aromatic carbocycles. The summed E-state index contributed by atoms with van der Waals surface area (Å²) < 4.78 is 1.37. The van der Waals surface area contributed by atoms with Crippen molar-refractivity contribution in [3.8, 4) is 0 Å². The van der Waals surface area contributed by atoms with Crippen molar-refractivity contribution in [2.75, 3.05) is 10.2 Å². The SMILES string of the molecule is O=C(Cn1c2c(sc1=O)C(c1ccc(Cl)cc1)C1C(=O)N(c3ccc(Cl)cc3)C(=O)C1S2)Nc1ccc(Cl)cc1. The fourth-order valence-corrected chi connectivity index (χ4v) is 8.16. The second-order valence-electron chi connectivity index (χ2n) is 9.26. The van der Waals surface area contributed by atoms with Crippen molar-refractivity contribution in [1.29, 1.82) is 0 Å². The maximum absolute atomic E-state index is 13.9. The lowest BCUT2D eigenvalue weighted by Gasteiger charge is -2.30. The van der Waals surface area contributed by atoms with Crippen LogP contribution in [0.25, 0.3) is 0 Å². The number of thiazole rings is 1. The molecule has 6 rings (SSSR count). The predicted molar refractivity (Wildman–Crippen MR) is 159 cm³/mol. The van der Waals surface area contributed by atoms with Gasteiger partial charge in [-0.25, -0.2) is 4.90 Å². The molecule has 0 spiro atoms. The quantitative estimate of drug-likeness (QED) is 0.261. The van der Waals surface area contributed by atoms with Crippen molar-refractivity contribution in [3.63, 3.8) is 0 Å². The standard InChI is InChI=1S/C28H18Cl3N3O4S2/c29-15-3-1-14(2-4-15)21-22-23(26(37)34(25(22)36)19-11-7-17(31)8-12-19)39-27-24(21)40-28(38)33(27)13-20(35)32-18-9-5-16(30)6-10-18/h1-12,21-23H,13H2,(H,32,35). The number of aromatic nitrogens is 1. The highest BCUT2D eigenvalue weighted by Crippen LogP contribution is 2.54. The Morgan fingerprint density at radius 1 is 0.800 bits per heavy atom. The summed E-state index contributed by atoms with van der Waals surface area (Å²) in [4.78, 5) is 55.3. The average Bonchev–Trinajstić information content (AvgIpc) is 3.37. The van der Waals surface area contributed by atoms with Gasteiger partial charge in [-0.15, -0.1) is 0 Å². The molecule has 1 saturated heterocycles. The summed E-state index contributed by atoms with van der Waals surface area (Å²) in [5, 5.41) is 4.01. The van der Waals surface area contributed by atoms with Crippen LogP contribution >= 0.6 is 57.9 Å². The Morgan fingerprint density at radius 2 is 1.38 bits per heavy atom. The maximum Gasteiger partial charge on any atom is 0.308 e. The van der Waals surface area contributed by atoms with Gasteiger partial charge in [0, 0.05) is 31.6 Å². The number of rotatable bonds is 5. The molecule has 0 saturated carbocycles. The largest absolute Gasteiger partial charge is 0.325 e. The molecule has 1 N–H and O–H groups in total. The first-order valence-corrected chi connectivity index (χ1v) is 14.9. The lowest BCUT2D eigenvalue weighted by atomic mass is 9.83. The molecule has 3 amide bonds. The maximum atomic E-state index is 13.9. The first-order valence-electron chi connectivity index (χ1n) is 12.1. The number of carbonyl (C=O) groups excluding carboxylic acids is 3. The summed E-state index contributed by atoms with van der Waals surface area (Å²) in [7, 11) is 0. The molecule has 3 atom stereocenters. The number of imide groups is 1. The van der Waals surface area contributed by atoms with Crippen LogP contribution in [0.2, 0.25) is 15.1 Å². The average molecular weight is 631 g/mol. The molecule has 0 radical (unpaired) electrons. The van der Waals surface area contributed by atoms with Crippen LogP contribution in [-0.2, 0) is 20.9 Å². The molecular formula is C28H18Cl3N3O4S2.